The van der Waals surface area contributed by atoms with Gasteiger partial charge in [0.1, 0.15) is 6.54 Å². The smallest absolute Gasteiger partial charge is 0.340 e. The lowest BCUT2D eigenvalue weighted by atomic mass is 10.1. The van der Waals surface area contributed by atoms with E-state index in [0.29, 0.717) is 29.2 Å². The van der Waals surface area contributed by atoms with Gasteiger partial charge in [-0.1, -0.05) is 29.8 Å². The van der Waals surface area contributed by atoms with Crippen molar-refractivity contribution >= 4 is 22.9 Å². The van der Waals surface area contributed by atoms with Gasteiger partial charge < -0.3 is 14.8 Å². The SMILES string of the molecule is CC(C)=CCn1c(N2CCNCC2)nc2c1c(=O)n(CC(=[OH+])c1ccccc1)c(=O)n2C. The molecule has 32 heavy (non-hydrogen) atoms. The molecule has 0 aliphatic carbocycles. The van der Waals surface area contributed by atoms with Crippen LogP contribution in [0.2, 0.25) is 0 Å². The molecule has 2 aromatic heterocycles. The predicted octanol–water partition coefficient (Wildman–Crippen LogP) is 0.866. The first-order chi connectivity index (χ1) is 15.4. The van der Waals surface area contributed by atoms with Crippen LogP contribution in [0.4, 0.5) is 5.95 Å². The summed E-state index contributed by atoms with van der Waals surface area (Å²) < 4.78 is 4.35. The maximum absolute atomic E-state index is 13.5. The highest BCUT2D eigenvalue weighted by Crippen LogP contribution is 2.20. The summed E-state index contributed by atoms with van der Waals surface area (Å²) in [5, 5.41) is 3.32. The highest BCUT2D eigenvalue weighted by Gasteiger charge is 2.25. The molecule has 3 heterocycles. The maximum atomic E-state index is 13.5. The molecule has 0 bridgehead atoms. The number of nitrogens with one attached hydrogen (secondary N) is 1. The second-order valence-corrected chi connectivity index (χ2v) is 8.26. The van der Waals surface area contributed by atoms with Crippen LogP contribution >= 0.6 is 0 Å². The van der Waals surface area contributed by atoms with Crippen molar-refractivity contribution in [1.29, 1.82) is 0 Å². The first-order valence-corrected chi connectivity index (χ1v) is 10.8. The largest absolute Gasteiger partial charge is 0.343 e. The lowest BCUT2D eigenvalue weighted by Crippen LogP contribution is -2.44. The zero-order valence-corrected chi connectivity index (χ0v) is 18.7. The lowest BCUT2D eigenvalue weighted by molar-refractivity contribution is 0.572. The van der Waals surface area contributed by atoms with Gasteiger partial charge in [-0.15, -0.1) is 0 Å². The van der Waals surface area contributed by atoms with Crippen molar-refractivity contribution in [1.82, 2.24) is 24.0 Å². The molecule has 1 aromatic carbocycles. The second kappa shape index (κ2) is 8.96. The standard InChI is InChI=1S/C23H28N6O3/c1-16(2)9-12-28-19-20(25-22(28)27-13-10-24-11-14-27)26(3)23(32)29(21(19)31)15-18(30)17-7-5-4-6-8-17/h4-9,24H,10-15H2,1-3H3/p+1. The van der Waals surface area contributed by atoms with Crippen molar-refractivity contribution in [3.63, 3.8) is 0 Å². The number of fused-ring (bicyclic) bond motifs is 1. The van der Waals surface area contributed by atoms with Gasteiger partial charge in [0.25, 0.3) is 5.56 Å². The molecular formula is C23H29N6O3+. The number of piperazine rings is 1. The normalized spacial score (nSPS) is 14.0. The number of imidazole rings is 1. The van der Waals surface area contributed by atoms with Crippen LogP contribution < -0.4 is 21.5 Å². The summed E-state index contributed by atoms with van der Waals surface area (Å²) in [5.74, 6) is 0.641. The molecule has 4 rings (SSSR count). The lowest BCUT2D eigenvalue weighted by Gasteiger charge is -2.28. The Morgan fingerprint density at radius 1 is 1.12 bits per heavy atom. The highest BCUT2D eigenvalue weighted by atomic mass is 16.2. The Kier molecular flexibility index (Phi) is 6.09. The average molecular weight is 438 g/mol. The molecule has 0 spiro atoms. The Morgan fingerprint density at radius 3 is 2.47 bits per heavy atom. The van der Waals surface area contributed by atoms with Gasteiger partial charge in [0.2, 0.25) is 5.95 Å². The van der Waals surface area contributed by atoms with E-state index in [0.717, 1.165) is 36.3 Å². The molecule has 0 radical (unpaired) electrons. The Hall–Kier alpha value is -3.46. The van der Waals surface area contributed by atoms with Gasteiger partial charge in [0.15, 0.2) is 11.2 Å². The van der Waals surface area contributed by atoms with Crippen molar-refractivity contribution in [2.75, 3.05) is 31.1 Å². The summed E-state index contributed by atoms with van der Waals surface area (Å²) in [6.07, 6.45) is 2.04. The third-order valence-electron chi connectivity index (χ3n) is 5.71. The molecule has 9 heteroatoms. The Balaban J connectivity index is 1.89. The van der Waals surface area contributed by atoms with E-state index in [2.05, 4.69) is 10.2 Å². The van der Waals surface area contributed by atoms with E-state index >= 15 is 0 Å². The van der Waals surface area contributed by atoms with E-state index in [-0.39, 0.29) is 12.3 Å². The first kappa shape index (κ1) is 21.8. The summed E-state index contributed by atoms with van der Waals surface area (Å²) in [4.78, 5) is 44.1. The van der Waals surface area contributed by atoms with Gasteiger partial charge in [-0.3, -0.25) is 14.2 Å². The number of benzene rings is 1. The third kappa shape index (κ3) is 4.03. The highest BCUT2D eigenvalue weighted by molar-refractivity contribution is 5.96. The Bertz CT molecular complexity index is 1290. The van der Waals surface area contributed by atoms with Crippen LogP contribution in [0, 0.1) is 0 Å². The van der Waals surface area contributed by atoms with Gasteiger partial charge in [0, 0.05) is 39.8 Å². The maximum Gasteiger partial charge on any atom is 0.343 e. The predicted molar refractivity (Wildman–Crippen MR) is 126 cm³/mol. The number of allylic oxidation sites excluding steroid dienone is 2. The van der Waals surface area contributed by atoms with E-state index in [1.165, 1.54) is 4.57 Å². The molecule has 0 saturated carbocycles. The van der Waals surface area contributed by atoms with Crippen LogP contribution in [0.5, 0.6) is 0 Å². The summed E-state index contributed by atoms with van der Waals surface area (Å²) in [5.41, 5.74) is 1.44. The molecule has 0 amide bonds. The summed E-state index contributed by atoms with van der Waals surface area (Å²) in [6, 6.07) is 8.91. The zero-order chi connectivity index (χ0) is 22.8. The minimum atomic E-state index is -0.510. The molecule has 0 unspecified atom stereocenters. The van der Waals surface area contributed by atoms with Crippen molar-refractivity contribution < 1.29 is 4.79 Å². The number of hydrogen-bond acceptors (Lipinski definition) is 5. The van der Waals surface area contributed by atoms with Crippen LogP contribution in [0.1, 0.15) is 19.4 Å². The van der Waals surface area contributed by atoms with E-state index in [1.54, 1.807) is 31.3 Å². The summed E-state index contributed by atoms with van der Waals surface area (Å²) in [6.45, 7) is 7.46. The van der Waals surface area contributed by atoms with E-state index in [1.807, 2.05) is 30.6 Å². The molecule has 2 N–H and O–H groups in total. The van der Waals surface area contributed by atoms with Crippen LogP contribution in [-0.2, 0) is 20.1 Å². The number of carbonyl (C=O) groups excluding carboxylic acids is 1. The third-order valence-corrected chi connectivity index (χ3v) is 5.71. The fourth-order valence-electron chi connectivity index (χ4n) is 3.92. The van der Waals surface area contributed by atoms with Crippen molar-refractivity contribution in [3.05, 3.63) is 68.4 Å². The molecule has 9 nitrogen and oxygen atoms in total. The molecule has 1 saturated heterocycles. The van der Waals surface area contributed by atoms with Gasteiger partial charge in [-0.2, -0.15) is 4.98 Å². The first-order valence-electron chi connectivity index (χ1n) is 10.8. The monoisotopic (exact) mass is 437 g/mol. The number of rotatable bonds is 6. The summed E-state index contributed by atoms with van der Waals surface area (Å²) >= 11 is 0. The van der Waals surface area contributed by atoms with Crippen LogP contribution in [0.3, 0.4) is 0 Å². The van der Waals surface area contributed by atoms with E-state index < -0.39 is 11.2 Å². The fourth-order valence-corrected chi connectivity index (χ4v) is 3.92. The number of aromatic nitrogens is 4. The van der Waals surface area contributed by atoms with E-state index in [4.69, 9.17) is 4.98 Å². The van der Waals surface area contributed by atoms with Crippen molar-refractivity contribution in [3.8, 4) is 0 Å². The fraction of sp³-hybridized carbons (Fsp3) is 0.391. The molecule has 0 atom stereocenters. The molecular weight excluding hydrogens is 408 g/mol. The number of aryl methyl sites for hydroxylation is 1. The van der Waals surface area contributed by atoms with E-state index in [9.17, 15) is 14.4 Å². The van der Waals surface area contributed by atoms with Crippen LogP contribution in [-0.4, -0.2) is 55.4 Å². The van der Waals surface area contributed by atoms with Gasteiger partial charge in [0.05, 0.1) is 5.56 Å². The average Bonchev–Trinajstić information content (AvgIpc) is 3.20. The van der Waals surface area contributed by atoms with Crippen molar-refractivity contribution in [2.24, 2.45) is 7.05 Å². The van der Waals surface area contributed by atoms with Gasteiger partial charge in [-0.25, -0.2) is 9.36 Å². The minimum Gasteiger partial charge on any atom is -0.340 e. The zero-order valence-electron chi connectivity index (χ0n) is 18.7. The topological polar surface area (TPSA) is 98.5 Å². The quantitative estimate of drug-likeness (QED) is 0.351. The number of hydrogen-bond donors (Lipinski definition) is 1. The summed E-state index contributed by atoms with van der Waals surface area (Å²) in [7, 11) is 1.61. The van der Waals surface area contributed by atoms with Crippen LogP contribution in [0.15, 0.2) is 51.6 Å². The number of nitrogens with zero attached hydrogens (tertiary/aromatic N) is 5. The number of ketones is 1. The van der Waals surface area contributed by atoms with Crippen molar-refractivity contribution in [2.45, 2.75) is 26.9 Å². The van der Waals surface area contributed by atoms with Gasteiger partial charge in [-0.05, 0) is 26.0 Å². The molecule has 1 fully saturated rings. The molecule has 1 aliphatic rings. The Labute approximate surface area is 185 Å². The molecule has 1 aliphatic heterocycles. The van der Waals surface area contributed by atoms with Gasteiger partial charge >= 0.3 is 11.5 Å². The second-order valence-electron chi connectivity index (χ2n) is 8.26. The Morgan fingerprint density at radius 2 is 1.81 bits per heavy atom. The minimum absolute atomic E-state index is 0.0400. The molecule has 168 valence electrons. The molecule has 3 aromatic rings. The van der Waals surface area contributed by atoms with Crippen LogP contribution in [0.25, 0.3) is 11.2 Å². The number of anilines is 1.